The molecular formula is C16H25N. The average Bonchev–Trinajstić information content (AvgIpc) is 2.57. The van der Waals surface area contributed by atoms with Crippen LogP contribution in [0.2, 0.25) is 0 Å². The molecule has 0 saturated heterocycles. The molecular weight excluding hydrogens is 206 g/mol. The minimum Gasteiger partial charge on any atom is -0.371 e. The van der Waals surface area contributed by atoms with Crippen LogP contribution in [0.3, 0.4) is 0 Å². The van der Waals surface area contributed by atoms with E-state index in [2.05, 4.69) is 70.9 Å². The quantitative estimate of drug-likeness (QED) is 0.605. The largest absolute Gasteiger partial charge is 0.371 e. The van der Waals surface area contributed by atoms with Crippen molar-refractivity contribution in [2.45, 2.75) is 47.1 Å². The van der Waals surface area contributed by atoms with Crippen molar-refractivity contribution in [1.82, 2.24) is 4.90 Å². The minimum absolute atomic E-state index is 0.230. The Kier molecular flexibility index (Phi) is 2.76. The van der Waals surface area contributed by atoms with Gasteiger partial charge < -0.3 is 4.90 Å². The Bertz CT molecular complexity index is 396. The van der Waals surface area contributed by atoms with Gasteiger partial charge in [-0.25, -0.2) is 0 Å². The molecule has 1 unspecified atom stereocenters. The molecule has 0 spiro atoms. The van der Waals surface area contributed by atoms with Crippen molar-refractivity contribution in [3.8, 4) is 0 Å². The molecule has 2 aliphatic rings. The number of rotatable bonds is 0. The molecule has 1 atom stereocenters. The van der Waals surface area contributed by atoms with Crippen molar-refractivity contribution in [1.29, 1.82) is 0 Å². The Morgan fingerprint density at radius 2 is 1.76 bits per heavy atom. The molecule has 0 bridgehead atoms. The molecule has 1 aliphatic heterocycles. The fourth-order valence-corrected chi connectivity index (χ4v) is 2.34. The maximum atomic E-state index is 2.46. The first-order valence-corrected chi connectivity index (χ1v) is 6.57. The summed E-state index contributed by atoms with van der Waals surface area (Å²) < 4.78 is 0. The van der Waals surface area contributed by atoms with E-state index in [-0.39, 0.29) is 11.0 Å². The van der Waals surface area contributed by atoms with Gasteiger partial charge in [-0.1, -0.05) is 39.0 Å². The van der Waals surface area contributed by atoms with Crippen molar-refractivity contribution < 1.29 is 0 Å². The van der Waals surface area contributed by atoms with Crippen LogP contribution in [-0.4, -0.2) is 17.0 Å². The Balaban J connectivity index is 2.27. The Labute approximate surface area is 106 Å². The van der Waals surface area contributed by atoms with E-state index in [4.69, 9.17) is 0 Å². The third-order valence-corrected chi connectivity index (χ3v) is 3.68. The van der Waals surface area contributed by atoms with Gasteiger partial charge in [0.25, 0.3) is 0 Å². The van der Waals surface area contributed by atoms with Gasteiger partial charge >= 0.3 is 0 Å². The zero-order chi connectivity index (χ0) is 12.8. The van der Waals surface area contributed by atoms with Crippen LogP contribution in [0.5, 0.6) is 0 Å². The summed E-state index contributed by atoms with van der Waals surface area (Å²) in [6, 6.07) is 0. The summed E-state index contributed by atoms with van der Waals surface area (Å²) in [5.41, 5.74) is 3.40. The summed E-state index contributed by atoms with van der Waals surface area (Å²) in [7, 11) is 0. The lowest BCUT2D eigenvalue weighted by Crippen LogP contribution is -2.36. The second-order valence-corrected chi connectivity index (χ2v) is 7.27. The van der Waals surface area contributed by atoms with Crippen LogP contribution in [0.1, 0.15) is 41.5 Å². The van der Waals surface area contributed by atoms with Crippen LogP contribution < -0.4 is 0 Å². The maximum absolute atomic E-state index is 2.46. The molecule has 0 radical (unpaired) electrons. The molecule has 17 heavy (non-hydrogen) atoms. The van der Waals surface area contributed by atoms with Gasteiger partial charge in [-0.15, -0.1) is 0 Å². The average molecular weight is 231 g/mol. The highest BCUT2D eigenvalue weighted by Gasteiger charge is 2.30. The third kappa shape index (κ3) is 2.48. The normalized spacial score (nSPS) is 24.6. The van der Waals surface area contributed by atoms with Crippen molar-refractivity contribution in [3.05, 3.63) is 35.6 Å². The fraction of sp³-hybridized carbons (Fsp3) is 0.625. The summed E-state index contributed by atoms with van der Waals surface area (Å²) in [6.45, 7) is 14.8. The monoisotopic (exact) mass is 231 g/mol. The Morgan fingerprint density at radius 3 is 2.29 bits per heavy atom. The van der Waals surface area contributed by atoms with E-state index >= 15 is 0 Å². The smallest absolute Gasteiger partial charge is 0.0312 e. The summed E-state index contributed by atoms with van der Waals surface area (Å²) in [4.78, 5) is 2.46. The molecule has 0 aromatic rings. The van der Waals surface area contributed by atoms with Crippen molar-refractivity contribution in [2.24, 2.45) is 11.3 Å². The van der Waals surface area contributed by atoms with Gasteiger partial charge in [0, 0.05) is 24.2 Å². The van der Waals surface area contributed by atoms with E-state index < -0.39 is 0 Å². The lowest BCUT2D eigenvalue weighted by molar-refractivity contribution is 0.213. The standard InChI is InChI=1S/C16H25N/c1-15(2,3)14-8-7-12-10-17(16(4,5)6)11-13(12)9-14/h7-9,11-12H,10H2,1-6H3. The first-order chi connectivity index (χ1) is 7.68. The summed E-state index contributed by atoms with van der Waals surface area (Å²) in [6.07, 6.45) is 9.42. The van der Waals surface area contributed by atoms with E-state index in [0.717, 1.165) is 6.54 Å². The van der Waals surface area contributed by atoms with Gasteiger partial charge in [0.15, 0.2) is 0 Å². The molecule has 1 heterocycles. The van der Waals surface area contributed by atoms with E-state index in [9.17, 15) is 0 Å². The van der Waals surface area contributed by atoms with E-state index in [1.807, 2.05) is 0 Å². The van der Waals surface area contributed by atoms with Crippen molar-refractivity contribution >= 4 is 0 Å². The van der Waals surface area contributed by atoms with Gasteiger partial charge in [0.1, 0.15) is 0 Å². The second-order valence-electron chi connectivity index (χ2n) is 7.27. The molecule has 0 amide bonds. The van der Waals surface area contributed by atoms with Crippen molar-refractivity contribution in [3.63, 3.8) is 0 Å². The van der Waals surface area contributed by atoms with Gasteiger partial charge in [0.05, 0.1) is 0 Å². The van der Waals surface area contributed by atoms with Crippen LogP contribution in [0, 0.1) is 11.3 Å². The van der Waals surface area contributed by atoms with Crippen LogP contribution >= 0.6 is 0 Å². The third-order valence-electron chi connectivity index (χ3n) is 3.68. The van der Waals surface area contributed by atoms with Gasteiger partial charge in [-0.05, 0) is 37.3 Å². The molecule has 1 nitrogen and oxygen atoms in total. The maximum Gasteiger partial charge on any atom is 0.0312 e. The first-order valence-electron chi connectivity index (χ1n) is 6.57. The highest BCUT2D eigenvalue weighted by Crippen LogP contribution is 2.37. The number of hydrogen-bond acceptors (Lipinski definition) is 1. The van der Waals surface area contributed by atoms with E-state index in [0.29, 0.717) is 5.92 Å². The number of fused-ring (bicyclic) bond motifs is 1. The van der Waals surface area contributed by atoms with Crippen LogP contribution in [-0.2, 0) is 0 Å². The molecule has 0 N–H and O–H groups in total. The predicted octanol–water partition coefficient (Wildman–Crippen LogP) is 4.14. The minimum atomic E-state index is 0.230. The molecule has 0 aromatic carbocycles. The zero-order valence-corrected chi connectivity index (χ0v) is 12.0. The predicted molar refractivity (Wildman–Crippen MR) is 74.7 cm³/mol. The number of hydrogen-bond donors (Lipinski definition) is 0. The summed E-state index contributed by atoms with van der Waals surface area (Å²) >= 11 is 0. The van der Waals surface area contributed by atoms with Gasteiger partial charge in [-0.3, -0.25) is 0 Å². The molecule has 1 aliphatic carbocycles. The molecule has 0 saturated carbocycles. The van der Waals surface area contributed by atoms with Crippen LogP contribution in [0.15, 0.2) is 35.6 Å². The zero-order valence-electron chi connectivity index (χ0n) is 12.0. The van der Waals surface area contributed by atoms with Gasteiger partial charge in [0.2, 0.25) is 0 Å². The first kappa shape index (κ1) is 12.5. The lowest BCUT2D eigenvalue weighted by Gasteiger charge is -2.32. The highest BCUT2D eigenvalue weighted by atomic mass is 15.2. The topological polar surface area (TPSA) is 3.24 Å². The lowest BCUT2D eigenvalue weighted by atomic mass is 9.80. The van der Waals surface area contributed by atoms with E-state index in [1.165, 1.54) is 11.1 Å². The molecule has 1 heteroatoms. The van der Waals surface area contributed by atoms with Crippen molar-refractivity contribution in [2.75, 3.05) is 6.54 Å². The number of allylic oxidation sites excluding steroid dienone is 3. The Morgan fingerprint density at radius 1 is 1.12 bits per heavy atom. The second kappa shape index (κ2) is 3.76. The van der Waals surface area contributed by atoms with Crippen LogP contribution in [0.4, 0.5) is 0 Å². The SMILES string of the molecule is CC(C)(C)C1=CC2=CN(C(C)(C)C)CC2C=C1. The van der Waals surface area contributed by atoms with Crippen LogP contribution in [0.25, 0.3) is 0 Å². The molecule has 94 valence electrons. The summed E-state index contributed by atoms with van der Waals surface area (Å²) in [5, 5.41) is 0. The summed E-state index contributed by atoms with van der Waals surface area (Å²) in [5.74, 6) is 0.598. The molecule has 0 aromatic heterocycles. The van der Waals surface area contributed by atoms with E-state index in [1.54, 1.807) is 0 Å². The Hall–Kier alpha value is -0.980. The van der Waals surface area contributed by atoms with Gasteiger partial charge in [-0.2, -0.15) is 0 Å². The number of nitrogens with zero attached hydrogens (tertiary/aromatic N) is 1. The fourth-order valence-electron chi connectivity index (χ4n) is 2.34. The molecule has 0 fully saturated rings. The highest BCUT2D eigenvalue weighted by molar-refractivity contribution is 5.43. The molecule has 2 rings (SSSR count).